The summed E-state index contributed by atoms with van der Waals surface area (Å²) in [5, 5.41) is 0. The van der Waals surface area contributed by atoms with Gasteiger partial charge in [-0.2, -0.15) is 0 Å². The molecular weight excluding hydrogens is 300 g/mol. The molecule has 0 saturated carbocycles. The number of hydrogen-bond donors (Lipinski definition) is 0. The number of aryl methyl sites for hydroxylation is 1. The summed E-state index contributed by atoms with van der Waals surface area (Å²) in [5.74, 6) is 0. The van der Waals surface area contributed by atoms with Crippen molar-refractivity contribution in [3.05, 3.63) is 64.6 Å². The molecule has 0 heteroatoms. The first kappa shape index (κ1) is 18.2. The summed E-state index contributed by atoms with van der Waals surface area (Å²) in [7, 11) is 0. The summed E-state index contributed by atoms with van der Waals surface area (Å²) >= 11 is 0. The SMILES string of the molecule is CCCCc1cc2c(c(CCCC)c1CCCC)[CH]c1ccccc1-2. The summed E-state index contributed by atoms with van der Waals surface area (Å²) in [6.45, 7) is 6.93. The second-order valence-corrected chi connectivity index (χ2v) is 7.50. The molecule has 25 heavy (non-hydrogen) atoms. The van der Waals surface area contributed by atoms with Crippen LogP contribution in [0.3, 0.4) is 0 Å². The van der Waals surface area contributed by atoms with Crippen LogP contribution >= 0.6 is 0 Å². The van der Waals surface area contributed by atoms with Gasteiger partial charge in [-0.15, -0.1) is 0 Å². The van der Waals surface area contributed by atoms with Gasteiger partial charge >= 0.3 is 0 Å². The molecule has 0 nitrogen and oxygen atoms in total. The van der Waals surface area contributed by atoms with Crippen molar-refractivity contribution in [3.8, 4) is 11.1 Å². The summed E-state index contributed by atoms with van der Waals surface area (Å²) in [5.41, 5.74) is 10.8. The number of benzene rings is 2. The third kappa shape index (κ3) is 3.84. The van der Waals surface area contributed by atoms with Crippen LogP contribution in [-0.4, -0.2) is 0 Å². The molecule has 2 aromatic carbocycles. The Hall–Kier alpha value is -1.56. The molecule has 1 aliphatic rings. The first-order valence-corrected chi connectivity index (χ1v) is 10.4. The Bertz CT molecular complexity index is 708. The van der Waals surface area contributed by atoms with E-state index in [1.807, 2.05) is 0 Å². The standard InChI is InChI=1S/C25H33/c1-4-7-12-19-17-24-22-16-11-10-13-20(22)18-25(24)23(15-9-6-3)21(19)14-8-5-2/h10-11,13,16-18H,4-9,12,14-15H2,1-3H3. The quantitative estimate of drug-likeness (QED) is 0.385. The first-order valence-electron chi connectivity index (χ1n) is 10.4. The highest BCUT2D eigenvalue weighted by atomic mass is 14.3. The lowest BCUT2D eigenvalue weighted by Crippen LogP contribution is -2.05. The van der Waals surface area contributed by atoms with Crippen LogP contribution in [0.5, 0.6) is 0 Å². The Morgan fingerprint density at radius 3 is 2.04 bits per heavy atom. The number of fused-ring (bicyclic) bond motifs is 3. The zero-order chi connectivity index (χ0) is 17.6. The number of hydrogen-bond acceptors (Lipinski definition) is 0. The molecule has 0 amide bonds. The van der Waals surface area contributed by atoms with Crippen LogP contribution in [0.4, 0.5) is 0 Å². The maximum Gasteiger partial charge on any atom is 0.0214 e. The van der Waals surface area contributed by atoms with Crippen molar-refractivity contribution in [2.45, 2.75) is 78.6 Å². The smallest absolute Gasteiger partial charge is 0.0214 e. The second kappa shape index (κ2) is 8.70. The van der Waals surface area contributed by atoms with Gasteiger partial charge in [0, 0.05) is 6.42 Å². The average molecular weight is 334 g/mol. The van der Waals surface area contributed by atoms with Crippen LogP contribution in [0.1, 0.15) is 87.1 Å². The number of rotatable bonds is 9. The van der Waals surface area contributed by atoms with E-state index >= 15 is 0 Å². The van der Waals surface area contributed by atoms with Gasteiger partial charge in [-0.25, -0.2) is 0 Å². The Kier molecular flexibility index (Phi) is 6.34. The van der Waals surface area contributed by atoms with Crippen LogP contribution in [-0.2, 0) is 19.3 Å². The predicted molar refractivity (Wildman–Crippen MR) is 110 cm³/mol. The highest BCUT2D eigenvalue weighted by Crippen LogP contribution is 2.43. The average Bonchev–Trinajstić information content (AvgIpc) is 3.01. The van der Waals surface area contributed by atoms with Crippen LogP contribution in [0, 0.1) is 6.42 Å². The van der Waals surface area contributed by atoms with Crippen molar-refractivity contribution in [2.24, 2.45) is 0 Å². The van der Waals surface area contributed by atoms with Crippen molar-refractivity contribution >= 4 is 0 Å². The van der Waals surface area contributed by atoms with Crippen LogP contribution in [0.2, 0.25) is 0 Å². The molecule has 0 aromatic heterocycles. The van der Waals surface area contributed by atoms with Gasteiger partial charge in [0.2, 0.25) is 0 Å². The van der Waals surface area contributed by atoms with E-state index in [9.17, 15) is 0 Å². The van der Waals surface area contributed by atoms with E-state index in [0.717, 1.165) is 0 Å². The lowest BCUT2D eigenvalue weighted by atomic mass is 9.85. The minimum atomic E-state index is 1.24. The fourth-order valence-electron chi connectivity index (χ4n) is 4.16. The predicted octanol–water partition coefficient (Wildman–Crippen LogP) is 7.30. The number of unbranched alkanes of at least 4 members (excludes halogenated alkanes) is 3. The van der Waals surface area contributed by atoms with Gasteiger partial charge in [-0.3, -0.25) is 0 Å². The van der Waals surface area contributed by atoms with E-state index in [1.54, 1.807) is 16.7 Å². The van der Waals surface area contributed by atoms with E-state index in [1.165, 1.54) is 80.0 Å². The Morgan fingerprint density at radius 2 is 1.32 bits per heavy atom. The Labute approximate surface area is 154 Å². The summed E-state index contributed by atoms with van der Waals surface area (Å²) in [4.78, 5) is 0. The normalized spacial score (nSPS) is 12.3. The van der Waals surface area contributed by atoms with Gasteiger partial charge in [0.1, 0.15) is 0 Å². The fourth-order valence-corrected chi connectivity index (χ4v) is 4.16. The van der Waals surface area contributed by atoms with Gasteiger partial charge < -0.3 is 0 Å². The molecule has 0 N–H and O–H groups in total. The Balaban J connectivity index is 2.11. The third-order valence-corrected chi connectivity index (χ3v) is 5.60. The first-order chi connectivity index (χ1) is 12.3. The van der Waals surface area contributed by atoms with Gasteiger partial charge in [-0.1, -0.05) is 70.4 Å². The third-order valence-electron chi connectivity index (χ3n) is 5.60. The monoisotopic (exact) mass is 333 g/mol. The van der Waals surface area contributed by atoms with E-state index in [2.05, 4.69) is 57.5 Å². The van der Waals surface area contributed by atoms with E-state index in [-0.39, 0.29) is 0 Å². The molecule has 0 unspecified atom stereocenters. The van der Waals surface area contributed by atoms with Crippen LogP contribution < -0.4 is 0 Å². The Morgan fingerprint density at radius 1 is 0.680 bits per heavy atom. The molecule has 0 spiro atoms. The van der Waals surface area contributed by atoms with Gasteiger partial charge in [0.15, 0.2) is 0 Å². The lowest BCUT2D eigenvalue weighted by Gasteiger charge is -2.20. The van der Waals surface area contributed by atoms with Crippen molar-refractivity contribution in [1.29, 1.82) is 0 Å². The second-order valence-electron chi connectivity index (χ2n) is 7.50. The van der Waals surface area contributed by atoms with Crippen molar-refractivity contribution in [1.82, 2.24) is 0 Å². The highest BCUT2D eigenvalue weighted by Gasteiger charge is 2.24. The van der Waals surface area contributed by atoms with Gasteiger partial charge in [0.05, 0.1) is 0 Å². The molecule has 0 bridgehead atoms. The van der Waals surface area contributed by atoms with Crippen LogP contribution in [0.15, 0.2) is 30.3 Å². The highest BCUT2D eigenvalue weighted by molar-refractivity contribution is 5.83. The fraction of sp³-hybridized carbons (Fsp3) is 0.480. The summed E-state index contributed by atoms with van der Waals surface area (Å²) in [6.07, 6.45) is 13.9. The van der Waals surface area contributed by atoms with Crippen LogP contribution in [0.25, 0.3) is 11.1 Å². The van der Waals surface area contributed by atoms with Crippen molar-refractivity contribution in [3.63, 3.8) is 0 Å². The largest absolute Gasteiger partial charge is 0.0654 e. The molecule has 0 aliphatic heterocycles. The molecule has 1 radical (unpaired) electrons. The minimum Gasteiger partial charge on any atom is -0.0654 e. The molecule has 2 aromatic rings. The molecule has 0 fully saturated rings. The van der Waals surface area contributed by atoms with E-state index < -0.39 is 0 Å². The molecular formula is C25H33. The van der Waals surface area contributed by atoms with E-state index in [4.69, 9.17) is 0 Å². The molecule has 1 aliphatic carbocycles. The zero-order valence-electron chi connectivity index (χ0n) is 16.3. The molecule has 0 saturated heterocycles. The van der Waals surface area contributed by atoms with Gasteiger partial charge in [0.25, 0.3) is 0 Å². The zero-order valence-corrected chi connectivity index (χ0v) is 16.3. The maximum atomic E-state index is 2.54. The molecule has 133 valence electrons. The van der Waals surface area contributed by atoms with Crippen molar-refractivity contribution < 1.29 is 0 Å². The topological polar surface area (TPSA) is 0 Å². The minimum absolute atomic E-state index is 1.24. The molecule has 3 rings (SSSR count). The summed E-state index contributed by atoms with van der Waals surface area (Å²) in [6, 6.07) is 11.5. The van der Waals surface area contributed by atoms with Crippen molar-refractivity contribution in [2.75, 3.05) is 0 Å². The lowest BCUT2D eigenvalue weighted by molar-refractivity contribution is 0.733. The van der Waals surface area contributed by atoms with Gasteiger partial charge in [-0.05, 0) is 77.5 Å². The molecule has 0 atom stereocenters. The summed E-state index contributed by atoms with van der Waals surface area (Å²) < 4.78 is 0. The molecule has 0 heterocycles. The maximum absolute atomic E-state index is 2.54. The van der Waals surface area contributed by atoms with E-state index in [0.29, 0.717) is 0 Å².